The standard InChI is InChI=1S/C20H21N3O2S/c1-13-2-7-16-17(12-13)26-18(23-16)14-3-5-15(6-4-14)22-19(24)20(21)8-10-25-11-9-20/h2-7,12H,8-11,21H2,1H3,(H,22,24). The van der Waals surface area contributed by atoms with Crippen LogP contribution in [0, 0.1) is 6.92 Å². The van der Waals surface area contributed by atoms with E-state index < -0.39 is 5.54 Å². The first-order chi connectivity index (χ1) is 12.5. The third-order valence-corrected chi connectivity index (χ3v) is 5.84. The Morgan fingerprint density at radius 3 is 2.65 bits per heavy atom. The predicted molar refractivity (Wildman–Crippen MR) is 105 cm³/mol. The second kappa shape index (κ2) is 6.79. The molecule has 1 aliphatic rings. The molecule has 0 bridgehead atoms. The first kappa shape index (κ1) is 17.1. The first-order valence-electron chi connectivity index (χ1n) is 8.69. The number of carbonyl (C=O) groups excluding carboxylic acids is 1. The Kier molecular flexibility index (Phi) is 4.48. The molecule has 2 heterocycles. The molecular weight excluding hydrogens is 346 g/mol. The lowest BCUT2D eigenvalue weighted by Gasteiger charge is -2.31. The average Bonchev–Trinajstić information content (AvgIpc) is 3.06. The SMILES string of the molecule is Cc1ccc2nc(-c3ccc(NC(=O)C4(N)CCOCC4)cc3)sc2c1. The van der Waals surface area contributed by atoms with Gasteiger partial charge in [-0.3, -0.25) is 4.79 Å². The van der Waals surface area contributed by atoms with Crippen molar-refractivity contribution in [2.75, 3.05) is 18.5 Å². The van der Waals surface area contributed by atoms with Gasteiger partial charge < -0.3 is 15.8 Å². The van der Waals surface area contributed by atoms with E-state index in [4.69, 9.17) is 15.5 Å². The number of nitrogens with zero attached hydrogens (tertiary/aromatic N) is 1. The molecule has 1 amide bonds. The zero-order valence-corrected chi connectivity index (χ0v) is 15.4. The van der Waals surface area contributed by atoms with E-state index in [2.05, 4.69) is 24.4 Å². The molecule has 0 radical (unpaired) electrons. The van der Waals surface area contributed by atoms with Crippen LogP contribution in [0.2, 0.25) is 0 Å². The number of anilines is 1. The van der Waals surface area contributed by atoms with Crippen molar-refractivity contribution < 1.29 is 9.53 Å². The summed E-state index contributed by atoms with van der Waals surface area (Å²) in [6.45, 7) is 3.14. The number of aryl methyl sites for hydroxylation is 1. The molecule has 1 saturated heterocycles. The number of benzene rings is 2. The summed E-state index contributed by atoms with van der Waals surface area (Å²) in [6.07, 6.45) is 1.09. The van der Waals surface area contributed by atoms with Gasteiger partial charge >= 0.3 is 0 Å². The minimum Gasteiger partial charge on any atom is -0.381 e. The van der Waals surface area contributed by atoms with E-state index in [1.165, 1.54) is 10.3 Å². The molecule has 26 heavy (non-hydrogen) atoms. The second-order valence-electron chi connectivity index (χ2n) is 6.79. The monoisotopic (exact) mass is 367 g/mol. The number of hydrogen-bond donors (Lipinski definition) is 2. The number of carbonyl (C=O) groups is 1. The molecule has 1 aromatic heterocycles. The molecule has 0 unspecified atom stereocenters. The van der Waals surface area contributed by atoms with E-state index in [0.717, 1.165) is 21.8 Å². The van der Waals surface area contributed by atoms with Crippen LogP contribution in [-0.2, 0) is 9.53 Å². The number of amides is 1. The minimum atomic E-state index is -0.845. The normalized spacial score (nSPS) is 16.5. The number of thiazole rings is 1. The van der Waals surface area contributed by atoms with Crippen LogP contribution in [0.1, 0.15) is 18.4 Å². The molecule has 3 aromatic rings. The quantitative estimate of drug-likeness (QED) is 0.740. The molecule has 1 fully saturated rings. The van der Waals surface area contributed by atoms with Crippen molar-refractivity contribution >= 4 is 33.1 Å². The number of fused-ring (bicyclic) bond motifs is 1. The van der Waals surface area contributed by atoms with Crippen LogP contribution in [-0.4, -0.2) is 29.6 Å². The van der Waals surface area contributed by atoms with Gasteiger partial charge in [-0.2, -0.15) is 0 Å². The third-order valence-electron chi connectivity index (χ3n) is 4.77. The highest BCUT2D eigenvalue weighted by molar-refractivity contribution is 7.21. The zero-order chi connectivity index (χ0) is 18.1. The second-order valence-corrected chi connectivity index (χ2v) is 7.82. The summed E-state index contributed by atoms with van der Waals surface area (Å²) in [5.74, 6) is -0.149. The van der Waals surface area contributed by atoms with E-state index in [-0.39, 0.29) is 5.91 Å². The summed E-state index contributed by atoms with van der Waals surface area (Å²) >= 11 is 1.67. The Hall–Kier alpha value is -2.28. The lowest BCUT2D eigenvalue weighted by Crippen LogP contribution is -2.54. The van der Waals surface area contributed by atoms with Gasteiger partial charge in [0.05, 0.1) is 10.2 Å². The van der Waals surface area contributed by atoms with Crippen molar-refractivity contribution in [1.82, 2.24) is 4.98 Å². The molecule has 0 spiro atoms. The number of hydrogen-bond acceptors (Lipinski definition) is 5. The number of rotatable bonds is 3. The Morgan fingerprint density at radius 2 is 1.92 bits per heavy atom. The molecule has 3 N–H and O–H groups in total. The molecule has 0 atom stereocenters. The molecule has 134 valence electrons. The van der Waals surface area contributed by atoms with Crippen LogP contribution < -0.4 is 11.1 Å². The van der Waals surface area contributed by atoms with Crippen LogP contribution in [0.15, 0.2) is 42.5 Å². The van der Waals surface area contributed by atoms with Crippen LogP contribution in [0.5, 0.6) is 0 Å². The maximum Gasteiger partial charge on any atom is 0.244 e. The molecule has 0 aliphatic carbocycles. The highest BCUT2D eigenvalue weighted by Crippen LogP contribution is 2.31. The van der Waals surface area contributed by atoms with Gasteiger partial charge in [-0.1, -0.05) is 6.07 Å². The molecule has 4 rings (SSSR count). The molecular formula is C20H21N3O2S. The summed E-state index contributed by atoms with van der Waals surface area (Å²) in [5, 5.41) is 3.90. The molecule has 1 aliphatic heterocycles. The minimum absolute atomic E-state index is 0.149. The fourth-order valence-electron chi connectivity index (χ4n) is 3.07. The van der Waals surface area contributed by atoms with E-state index in [1.54, 1.807) is 11.3 Å². The Bertz CT molecular complexity index is 943. The maximum atomic E-state index is 12.5. The highest BCUT2D eigenvalue weighted by atomic mass is 32.1. The van der Waals surface area contributed by atoms with Crippen molar-refractivity contribution in [2.45, 2.75) is 25.3 Å². The summed E-state index contributed by atoms with van der Waals surface area (Å²) in [7, 11) is 0. The molecule has 6 heteroatoms. The largest absolute Gasteiger partial charge is 0.381 e. The summed E-state index contributed by atoms with van der Waals surface area (Å²) in [4.78, 5) is 17.2. The summed E-state index contributed by atoms with van der Waals surface area (Å²) in [6, 6.07) is 14.0. The van der Waals surface area contributed by atoms with Crippen molar-refractivity contribution in [3.05, 3.63) is 48.0 Å². The summed E-state index contributed by atoms with van der Waals surface area (Å²) in [5.41, 5.74) is 9.40. The van der Waals surface area contributed by atoms with Gasteiger partial charge in [-0.05, 0) is 61.7 Å². The third kappa shape index (κ3) is 3.35. The van der Waals surface area contributed by atoms with Crippen molar-refractivity contribution in [3.8, 4) is 10.6 Å². The topological polar surface area (TPSA) is 77.2 Å². The van der Waals surface area contributed by atoms with Gasteiger partial charge in [-0.15, -0.1) is 11.3 Å². The Labute approximate surface area is 156 Å². The van der Waals surface area contributed by atoms with Gasteiger partial charge in [0.2, 0.25) is 5.91 Å². The highest BCUT2D eigenvalue weighted by Gasteiger charge is 2.35. The molecule has 5 nitrogen and oxygen atoms in total. The van der Waals surface area contributed by atoms with E-state index in [1.807, 2.05) is 30.3 Å². The number of nitrogens with two attached hydrogens (primary N) is 1. The smallest absolute Gasteiger partial charge is 0.244 e. The van der Waals surface area contributed by atoms with Gasteiger partial charge in [0, 0.05) is 24.5 Å². The fraction of sp³-hybridized carbons (Fsp3) is 0.300. The Morgan fingerprint density at radius 1 is 1.19 bits per heavy atom. The van der Waals surface area contributed by atoms with Crippen LogP contribution in [0.25, 0.3) is 20.8 Å². The van der Waals surface area contributed by atoms with Gasteiger partial charge in [0.1, 0.15) is 10.5 Å². The van der Waals surface area contributed by atoms with E-state index >= 15 is 0 Å². The fourth-order valence-corrected chi connectivity index (χ4v) is 4.14. The van der Waals surface area contributed by atoms with Crippen molar-refractivity contribution in [1.29, 1.82) is 0 Å². The Balaban J connectivity index is 1.51. The number of ether oxygens (including phenoxy) is 1. The van der Waals surface area contributed by atoms with E-state index in [9.17, 15) is 4.79 Å². The van der Waals surface area contributed by atoms with Gasteiger partial charge in [-0.25, -0.2) is 4.98 Å². The zero-order valence-electron chi connectivity index (χ0n) is 14.6. The van der Waals surface area contributed by atoms with Crippen LogP contribution in [0.4, 0.5) is 5.69 Å². The number of nitrogens with one attached hydrogen (secondary N) is 1. The van der Waals surface area contributed by atoms with Crippen LogP contribution in [0.3, 0.4) is 0 Å². The van der Waals surface area contributed by atoms with E-state index in [0.29, 0.717) is 26.1 Å². The lowest BCUT2D eigenvalue weighted by atomic mass is 9.90. The van der Waals surface area contributed by atoms with Crippen molar-refractivity contribution in [3.63, 3.8) is 0 Å². The van der Waals surface area contributed by atoms with Crippen molar-refractivity contribution in [2.24, 2.45) is 5.73 Å². The number of aromatic nitrogens is 1. The molecule has 0 saturated carbocycles. The molecule has 2 aromatic carbocycles. The maximum absolute atomic E-state index is 12.5. The first-order valence-corrected chi connectivity index (χ1v) is 9.51. The van der Waals surface area contributed by atoms with Gasteiger partial charge in [0.15, 0.2) is 0 Å². The van der Waals surface area contributed by atoms with Gasteiger partial charge in [0.25, 0.3) is 0 Å². The average molecular weight is 367 g/mol. The van der Waals surface area contributed by atoms with Crippen LogP contribution >= 0.6 is 11.3 Å². The lowest BCUT2D eigenvalue weighted by molar-refractivity contribution is -0.124. The predicted octanol–water partition coefficient (Wildman–Crippen LogP) is 3.72. The summed E-state index contributed by atoms with van der Waals surface area (Å²) < 4.78 is 6.48.